The molecule has 6 nitrogen and oxygen atoms in total. The summed E-state index contributed by atoms with van der Waals surface area (Å²) < 4.78 is 0. The summed E-state index contributed by atoms with van der Waals surface area (Å²) in [4.78, 5) is 6.88. The van der Waals surface area contributed by atoms with Gasteiger partial charge in [-0.25, -0.2) is 9.98 Å². The minimum atomic E-state index is -0.187. The van der Waals surface area contributed by atoms with Crippen LogP contribution >= 0.6 is 0 Å². The van der Waals surface area contributed by atoms with Crippen LogP contribution < -0.4 is 11.5 Å². The van der Waals surface area contributed by atoms with Gasteiger partial charge in [0.25, 0.3) is 0 Å². The highest BCUT2D eigenvalue weighted by Crippen LogP contribution is 1.90. The zero-order chi connectivity index (χ0) is 7.72. The van der Waals surface area contributed by atoms with Gasteiger partial charge in [0.05, 0.1) is 0 Å². The molecule has 0 unspecified atom stereocenters. The van der Waals surface area contributed by atoms with Crippen molar-refractivity contribution >= 4 is 23.3 Å². The maximum absolute atomic E-state index is 7.00. The predicted octanol–water partition coefficient (Wildman–Crippen LogP) is -1.33. The standard InChI is InChI=1S/C4H6N6/c5-1-2(6)10-4(8)3(7)9-1/h(H3,5,7,9)(H3,6,8,10). The SMILES string of the molecule is N=C1N=C(N)C(=N)N=C1N. The van der Waals surface area contributed by atoms with E-state index in [9.17, 15) is 0 Å². The van der Waals surface area contributed by atoms with E-state index in [4.69, 9.17) is 22.3 Å². The monoisotopic (exact) mass is 138 g/mol. The summed E-state index contributed by atoms with van der Waals surface area (Å²) in [5, 5.41) is 14.0. The molecular weight excluding hydrogens is 132 g/mol. The van der Waals surface area contributed by atoms with E-state index in [1.165, 1.54) is 0 Å². The number of rotatable bonds is 0. The lowest BCUT2D eigenvalue weighted by molar-refractivity contribution is 1.38. The minimum Gasteiger partial charge on any atom is -0.380 e. The lowest BCUT2D eigenvalue weighted by atomic mass is 10.4. The zero-order valence-corrected chi connectivity index (χ0v) is 5.05. The number of hydrogen-bond acceptors (Lipinski definition) is 4. The topological polar surface area (TPSA) is 124 Å². The third kappa shape index (κ3) is 0.859. The molecular formula is C4H6N6. The molecule has 0 fully saturated rings. The van der Waals surface area contributed by atoms with E-state index in [1.54, 1.807) is 0 Å². The Balaban J connectivity index is 3.03. The summed E-state index contributed by atoms with van der Waals surface area (Å²) >= 11 is 0. The number of nitrogens with two attached hydrogens (primary N) is 2. The van der Waals surface area contributed by atoms with Gasteiger partial charge in [0.2, 0.25) is 0 Å². The second kappa shape index (κ2) is 1.90. The molecule has 52 valence electrons. The van der Waals surface area contributed by atoms with Crippen molar-refractivity contribution in [2.75, 3.05) is 0 Å². The van der Waals surface area contributed by atoms with E-state index in [-0.39, 0.29) is 23.3 Å². The fourth-order valence-corrected chi connectivity index (χ4v) is 0.461. The molecule has 0 bridgehead atoms. The van der Waals surface area contributed by atoms with Gasteiger partial charge < -0.3 is 11.5 Å². The first kappa shape index (κ1) is 6.40. The molecule has 0 atom stereocenters. The first-order chi connectivity index (χ1) is 4.61. The van der Waals surface area contributed by atoms with Crippen molar-refractivity contribution in [2.24, 2.45) is 21.5 Å². The molecule has 0 aromatic rings. The average molecular weight is 138 g/mol. The Kier molecular flexibility index (Phi) is 1.22. The summed E-state index contributed by atoms with van der Waals surface area (Å²) in [6.45, 7) is 0. The third-order valence-corrected chi connectivity index (χ3v) is 0.950. The Morgan fingerprint density at radius 3 is 1.50 bits per heavy atom. The number of aliphatic imine (C=N–C) groups is 2. The second-order valence-electron chi connectivity index (χ2n) is 1.69. The normalized spacial score (nSPS) is 18.4. The van der Waals surface area contributed by atoms with E-state index < -0.39 is 0 Å². The molecule has 0 aromatic heterocycles. The van der Waals surface area contributed by atoms with Crippen molar-refractivity contribution in [3.63, 3.8) is 0 Å². The van der Waals surface area contributed by atoms with E-state index in [2.05, 4.69) is 9.98 Å². The van der Waals surface area contributed by atoms with Gasteiger partial charge in [-0.3, -0.25) is 10.8 Å². The van der Waals surface area contributed by atoms with Crippen LogP contribution in [0.5, 0.6) is 0 Å². The lowest BCUT2D eigenvalue weighted by Crippen LogP contribution is -2.34. The van der Waals surface area contributed by atoms with Gasteiger partial charge >= 0.3 is 0 Å². The Morgan fingerprint density at radius 2 is 1.20 bits per heavy atom. The van der Waals surface area contributed by atoms with Crippen molar-refractivity contribution in [3.05, 3.63) is 0 Å². The van der Waals surface area contributed by atoms with Gasteiger partial charge in [-0.15, -0.1) is 0 Å². The maximum Gasteiger partial charge on any atom is 0.189 e. The van der Waals surface area contributed by atoms with Gasteiger partial charge in [0, 0.05) is 0 Å². The summed E-state index contributed by atoms with van der Waals surface area (Å²) in [5.74, 6) is -0.514. The van der Waals surface area contributed by atoms with Gasteiger partial charge in [-0.1, -0.05) is 0 Å². The molecule has 1 heterocycles. The largest absolute Gasteiger partial charge is 0.380 e. The Morgan fingerprint density at radius 1 is 0.900 bits per heavy atom. The predicted molar refractivity (Wildman–Crippen MR) is 38.7 cm³/mol. The van der Waals surface area contributed by atoms with Gasteiger partial charge in [0.15, 0.2) is 23.3 Å². The molecule has 0 aromatic carbocycles. The average Bonchev–Trinajstić information content (AvgIpc) is 1.84. The molecule has 1 rings (SSSR count). The molecule has 1 aliphatic rings. The van der Waals surface area contributed by atoms with Crippen molar-refractivity contribution in [1.29, 1.82) is 10.8 Å². The second-order valence-corrected chi connectivity index (χ2v) is 1.69. The van der Waals surface area contributed by atoms with Crippen molar-refractivity contribution in [3.8, 4) is 0 Å². The van der Waals surface area contributed by atoms with Crippen LogP contribution in [-0.4, -0.2) is 23.3 Å². The van der Waals surface area contributed by atoms with Crippen molar-refractivity contribution in [1.82, 2.24) is 0 Å². The highest BCUT2D eigenvalue weighted by Gasteiger charge is 2.12. The molecule has 0 aliphatic carbocycles. The smallest absolute Gasteiger partial charge is 0.189 e. The Bertz CT molecular complexity index is 231. The first-order valence-electron chi connectivity index (χ1n) is 2.47. The number of amidine groups is 4. The maximum atomic E-state index is 7.00. The number of nitrogens with one attached hydrogen (secondary N) is 2. The zero-order valence-electron chi connectivity index (χ0n) is 5.05. The van der Waals surface area contributed by atoms with E-state index in [1.807, 2.05) is 0 Å². The molecule has 6 N–H and O–H groups in total. The van der Waals surface area contributed by atoms with Crippen LogP contribution in [0, 0.1) is 10.8 Å². The molecule has 0 saturated carbocycles. The van der Waals surface area contributed by atoms with Crippen LogP contribution in [0.15, 0.2) is 9.98 Å². The first-order valence-corrected chi connectivity index (χ1v) is 2.47. The molecule has 0 spiro atoms. The van der Waals surface area contributed by atoms with E-state index >= 15 is 0 Å². The molecule has 0 radical (unpaired) electrons. The van der Waals surface area contributed by atoms with Gasteiger partial charge in [-0.05, 0) is 0 Å². The fourth-order valence-electron chi connectivity index (χ4n) is 0.461. The minimum absolute atomic E-state index is 0.0702. The van der Waals surface area contributed by atoms with E-state index in [0.29, 0.717) is 0 Å². The van der Waals surface area contributed by atoms with Gasteiger partial charge in [0.1, 0.15) is 0 Å². The van der Waals surface area contributed by atoms with Crippen LogP contribution in [0.1, 0.15) is 0 Å². The summed E-state index contributed by atoms with van der Waals surface area (Å²) in [7, 11) is 0. The van der Waals surface area contributed by atoms with E-state index in [0.717, 1.165) is 0 Å². The molecule has 0 amide bonds. The van der Waals surface area contributed by atoms with Crippen LogP contribution in [0.25, 0.3) is 0 Å². The summed E-state index contributed by atoms with van der Waals surface area (Å²) in [6, 6.07) is 0. The Labute approximate surface area is 56.7 Å². The molecule has 0 saturated heterocycles. The highest BCUT2D eigenvalue weighted by molar-refractivity contribution is 6.54. The van der Waals surface area contributed by atoms with Crippen LogP contribution in [0.4, 0.5) is 0 Å². The fraction of sp³-hybridized carbons (Fsp3) is 0. The quantitative estimate of drug-likeness (QED) is 0.331. The highest BCUT2D eigenvalue weighted by atomic mass is 15.1. The van der Waals surface area contributed by atoms with Crippen molar-refractivity contribution in [2.45, 2.75) is 0 Å². The van der Waals surface area contributed by atoms with Crippen LogP contribution in [-0.2, 0) is 0 Å². The summed E-state index contributed by atoms with van der Waals surface area (Å²) in [5.41, 5.74) is 10.3. The van der Waals surface area contributed by atoms with Gasteiger partial charge in [-0.2, -0.15) is 0 Å². The van der Waals surface area contributed by atoms with Crippen molar-refractivity contribution < 1.29 is 0 Å². The number of nitrogens with zero attached hydrogens (tertiary/aromatic N) is 2. The molecule has 10 heavy (non-hydrogen) atoms. The lowest BCUT2D eigenvalue weighted by Gasteiger charge is -2.05. The number of hydrogen-bond donors (Lipinski definition) is 4. The van der Waals surface area contributed by atoms with Crippen LogP contribution in [0.2, 0.25) is 0 Å². The summed E-state index contributed by atoms with van der Waals surface area (Å²) in [6.07, 6.45) is 0. The third-order valence-electron chi connectivity index (χ3n) is 0.950. The Hall–Kier alpha value is -1.72. The molecule has 6 heteroatoms. The molecule has 1 aliphatic heterocycles. The van der Waals surface area contributed by atoms with Crippen LogP contribution in [0.3, 0.4) is 0 Å².